The third kappa shape index (κ3) is 3.99. The highest BCUT2D eigenvalue weighted by atomic mass is 32.2. The number of fused-ring (bicyclic) bond motifs is 1. The summed E-state index contributed by atoms with van der Waals surface area (Å²) in [6.07, 6.45) is 1.17. The maximum atomic E-state index is 10.7. The molecule has 148 valence electrons. The molecule has 0 aliphatic carbocycles. The normalized spacial score (nSPS) is 27.7. The number of hydrogen-bond donors (Lipinski definition) is 4. The van der Waals surface area contributed by atoms with E-state index in [9.17, 15) is 20.1 Å². The minimum Gasteiger partial charge on any atom is -0.548 e. The summed E-state index contributed by atoms with van der Waals surface area (Å²) >= 11 is 0. The van der Waals surface area contributed by atoms with E-state index in [0.717, 1.165) is 0 Å². The summed E-state index contributed by atoms with van der Waals surface area (Å²) in [5.74, 6) is -0.0611. The minimum atomic E-state index is -1.28. The lowest BCUT2D eigenvalue weighted by Crippen LogP contribution is -2.43. The van der Waals surface area contributed by atoms with Gasteiger partial charge < -0.3 is 36.3 Å². The van der Waals surface area contributed by atoms with Crippen molar-refractivity contribution in [2.75, 3.05) is 23.5 Å². The lowest BCUT2D eigenvalue weighted by Gasteiger charge is -2.16. The minimum absolute atomic E-state index is 0.211. The van der Waals surface area contributed by atoms with Crippen LogP contribution in [0.15, 0.2) is 12.7 Å². The summed E-state index contributed by atoms with van der Waals surface area (Å²) in [6.45, 7) is 0. The molecule has 12 heteroatoms. The standard InChI is InChI=1S/C15H22N6O5S/c1-27(3-2-7(16)15(24)25)4-8-10(22)11(23)14(26-8)21-6-20-9-12(17)18-5-19-13(9)21/h5-8,10-11,14,22-23H,2-4,16H2,1H3,(H2-,17,18,19,24,25)/t7-,8+,10?,11?,14+,27?/m0/s1. The fraction of sp³-hybridized carbons (Fsp3) is 0.600. The maximum Gasteiger partial charge on any atom is 0.167 e. The summed E-state index contributed by atoms with van der Waals surface area (Å²) in [6, 6.07) is -1.02. The van der Waals surface area contributed by atoms with Crippen molar-refractivity contribution in [2.24, 2.45) is 5.73 Å². The maximum absolute atomic E-state index is 10.7. The molecule has 3 rings (SSSR count). The number of imidazole rings is 1. The molecule has 2 aromatic rings. The molecule has 3 heterocycles. The van der Waals surface area contributed by atoms with E-state index in [1.165, 1.54) is 17.2 Å². The van der Waals surface area contributed by atoms with Crippen LogP contribution in [0, 0.1) is 0 Å². The first-order chi connectivity index (χ1) is 12.8. The number of carboxylic acid groups (broad SMARTS) is 1. The van der Waals surface area contributed by atoms with Crippen LogP contribution in [0.25, 0.3) is 11.2 Å². The average Bonchev–Trinajstić information content (AvgIpc) is 3.17. The van der Waals surface area contributed by atoms with E-state index in [2.05, 4.69) is 15.0 Å². The highest BCUT2D eigenvalue weighted by Crippen LogP contribution is 2.32. The Morgan fingerprint density at radius 2 is 2.15 bits per heavy atom. The smallest absolute Gasteiger partial charge is 0.167 e. The van der Waals surface area contributed by atoms with Gasteiger partial charge in [0.2, 0.25) is 0 Å². The Balaban J connectivity index is 1.68. The van der Waals surface area contributed by atoms with Crippen LogP contribution in [0.1, 0.15) is 12.6 Å². The number of aromatic nitrogens is 4. The predicted molar refractivity (Wildman–Crippen MR) is 96.3 cm³/mol. The van der Waals surface area contributed by atoms with E-state index in [1.54, 1.807) is 0 Å². The number of aliphatic hydroxyl groups excluding tert-OH is 2. The van der Waals surface area contributed by atoms with Gasteiger partial charge in [-0.05, 0) is 10.9 Å². The quantitative estimate of drug-likeness (QED) is 0.345. The molecule has 0 bridgehead atoms. The molecule has 3 unspecified atom stereocenters. The molecular formula is C15H22N6O5S. The lowest BCUT2D eigenvalue weighted by molar-refractivity contribution is -0.307. The number of hydrogen-bond acceptors (Lipinski definition) is 10. The molecular weight excluding hydrogens is 376 g/mol. The van der Waals surface area contributed by atoms with Gasteiger partial charge in [-0.15, -0.1) is 0 Å². The Morgan fingerprint density at radius 3 is 2.85 bits per heavy atom. The van der Waals surface area contributed by atoms with E-state index in [4.69, 9.17) is 16.2 Å². The number of carbonyl (C=O) groups is 1. The number of nitrogen functional groups attached to an aromatic ring is 1. The van der Waals surface area contributed by atoms with Crippen molar-refractivity contribution in [1.82, 2.24) is 19.5 Å². The van der Waals surface area contributed by atoms with E-state index in [-0.39, 0.29) is 23.1 Å². The van der Waals surface area contributed by atoms with Gasteiger partial charge in [0.25, 0.3) is 0 Å². The van der Waals surface area contributed by atoms with Crippen LogP contribution >= 0.6 is 0 Å². The zero-order valence-corrected chi connectivity index (χ0v) is 15.5. The number of carbonyl (C=O) groups excluding carboxylic acids is 1. The molecule has 1 fully saturated rings. The van der Waals surface area contributed by atoms with Gasteiger partial charge >= 0.3 is 0 Å². The van der Waals surface area contributed by atoms with Gasteiger partial charge in [-0.3, -0.25) is 4.57 Å². The van der Waals surface area contributed by atoms with Crippen molar-refractivity contribution in [2.45, 2.75) is 37.0 Å². The lowest BCUT2D eigenvalue weighted by atomic mass is 10.1. The van der Waals surface area contributed by atoms with E-state index in [1.807, 2.05) is 6.26 Å². The molecule has 0 radical (unpaired) electrons. The summed E-state index contributed by atoms with van der Waals surface area (Å²) in [7, 11) is -0.263. The highest BCUT2D eigenvalue weighted by molar-refractivity contribution is 7.96. The number of ether oxygens (including phenoxy) is 1. The Kier molecular flexibility index (Phi) is 5.81. The van der Waals surface area contributed by atoms with Crippen molar-refractivity contribution >= 4 is 33.8 Å². The van der Waals surface area contributed by atoms with E-state index < -0.39 is 36.6 Å². The van der Waals surface area contributed by atoms with Crippen LogP contribution in [0.2, 0.25) is 0 Å². The number of aliphatic carboxylic acids is 1. The Bertz CT molecular complexity index is 819. The second kappa shape index (κ2) is 7.94. The Morgan fingerprint density at radius 1 is 1.41 bits per heavy atom. The van der Waals surface area contributed by atoms with Crippen LogP contribution in [-0.4, -0.2) is 77.8 Å². The van der Waals surface area contributed by atoms with Crippen LogP contribution in [-0.2, 0) is 20.4 Å². The molecule has 27 heavy (non-hydrogen) atoms. The highest BCUT2D eigenvalue weighted by Gasteiger charge is 2.46. The number of rotatable bonds is 7. The largest absolute Gasteiger partial charge is 0.548 e. The summed E-state index contributed by atoms with van der Waals surface area (Å²) in [5, 5.41) is 31.5. The second-order valence-corrected chi connectivity index (χ2v) is 8.80. The molecule has 6 N–H and O–H groups in total. The molecule has 0 amide bonds. The van der Waals surface area contributed by atoms with Crippen molar-refractivity contribution in [3.8, 4) is 0 Å². The van der Waals surface area contributed by atoms with Crippen LogP contribution < -0.4 is 16.6 Å². The van der Waals surface area contributed by atoms with Crippen molar-refractivity contribution in [3.63, 3.8) is 0 Å². The van der Waals surface area contributed by atoms with Gasteiger partial charge in [0, 0.05) is 12.5 Å². The number of carboxylic acids is 1. The molecule has 0 aromatic carbocycles. The van der Waals surface area contributed by atoms with Crippen LogP contribution in [0.3, 0.4) is 0 Å². The van der Waals surface area contributed by atoms with Crippen LogP contribution in [0.4, 0.5) is 5.82 Å². The molecule has 2 aromatic heterocycles. The number of aliphatic hydroxyl groups is 2. The fourth-order valence-electron chi connectivity index (χ4n) is 2.96. The first-order valence-corrected chi connectivity index (χ1v) is 10.3. The van der Waals surface area contributed by atoms with Gasteiger partial charge in [-0.2, -0.15) is 0 Å². The summed E-state index contributed by atoms with van der Waals surface area (Å²) in [4.78, 5) is 22.8. The molecule has 11 nitrogen and oxygen atoms in total. The molecule has 1 aliphatic rings. The third-order valence-corrected chi connectivity index (χ3v) is 6.36. The van der Waals surface area contributed by atoms with Crippen molar-refractivity contribution < 1.29 is 24.9 Å². The molecule has 6 atom stereocenters. The molecule has 0 saturated carbocycles. The van der Waals surface area contributed by atoms with E-state index in [0.29, 0.717) is 22.7 Å². The number of nitrogens with two attached hydrogens (primary N) is 2. The predicted octanol–water partition coefficient (Wildman–Crippen LogP) is -3.26. The second-order valence-electron chi connectivity index (χ2n) is 6.50. The van der Waals surface area contributed by atoms with Gasteiger partial charge in [-0.1, -0.05) is 0 Å². The Labute approximate surface area is 157 Å². The summed E-state index contributed by atoms with van der Waals surface area (Å²) < 4.78 is 7.39. The van der Waals surface area contributed by atoms with Crippen molar-refractivity contribution in [3.05, 3.63) is 12.7 Å². The first-order valence-electron chi connectivity index (χ1n) is 8.29. The number of nitrogens with zero attached hydrogens (tertiary/aromatic N) is 4. The Hall–Kier alpha value is -1.99. The zero-order valence-electron chi connectivity index (χ0n) is 14.6. The van der Waals surface area contributed by atoms with Gasteiger partial charge in [-0.25, -0.2) is 15.0 Å². The average molecular weight is 398 g/mol. The van der Waals surface area contributed by atoms with Crippen molar-refractivity contribution in [1.29, 1.82) is 0 Å². The van der Waals surface area contributed by atoms with Crippen LogP contribution in [0.5, 0.6) is 0 Å². The zero-order chi connectivity index (χ0) is 19.7. The molecule has 0 spiro atoms. The number of anilines is 1. The SMILES string of the molecule is C[S+](CC[C@H](N)C(=O)[O-])C[C@H]1O[C@@H](n2cnc3c(N)ncnc32)C(O)C1O. The molecule has 1 saturated heterocycles. The first kappa shape index (κ1) is 19.8. The fourth-order valence-corrected chi connectivity index (χ4v) is 4.62. The monoisotopic (exact) mass is 398 g/mol. The topological polar surface area (TPSA) is 185 Å². The van der Waals surface area contributed by atoms with Gasteiger partial charge in [0.05, 0.1) is 18.6 Å². The summed E-state index contributed by atoms with van der Waals surface area (Å²) in [5.41, 5.74) is 12.0. The molecule has 1 aliphatic heterocycles. The van der Waals surface area contributed by atoms with E-state index >= 15 is 0 Å². The van der Waals surface area contributed by atoms with Gasteiger partial charge in [0.15, 0.2) is 17.7 Å². The van der Waals surface area contributed by atoms with Gasteiger partial charge in [0.1, 0.15) is 41.7 Å². The third-order valence-electron chi connectivity index (χ3n) is 4.53.